The molecule has 0 aliphatic carbocycles. The second-order valence-corrected chi connectivity index (χ2v) is 5.18. The molecule has 0 atom stereocenters. The summed E-state index contributed by atoms with van der Waals surface area (Å²) in [6, 6.07) is 5.25. The number of aromatic amines is 1. The number of amides is 1. The van der Waals surface area contributed by atoms with Crippen LogP contribution in [0.5, 0.6) is 0 Å². The third kappa shape index (κ3) is 4.11. The zero-order valence-corrected chi connectivity index (χ0v) is 13.1. The normalized spacial score (nSPS) is 11.0. The average molecular weight is 331 g/mol. The van der Waals surface area contributed by atoms with Gasteiger partial charge in [0.1, 0.15) is 5.69 Å². The van der Waals surface area contributed by atoms with Crippen LogP contribution in [-0.2, 0) is 9.47 Å². The molecule has 5 nitrogen and oxygen atoms in total. The fraction of sp³-hybridized carbons (Fsp3) is 0.357. The van der Waals surface area contributed by atoms with E-state index < -0.39 is 0 Å². The van der Waals surface area contributed by atoms with Crippen LogP contribution in [0.15, 0.2) is 18.2 Å². The lowest BCUT2D eigenvalue weighted by Gasteiger charge is -2.05. The number of benzene rings is 1. The Hall–Kier alpha value is -1.27. The first-order chi connectivity index (χ1) is 10.1. The predicted octanol–water partition coefficient (Wildman–Crippen LogP) is 2.87. The minimum Gasteiger partial charge on any atom is -0.382 e. The number of carbonyl (C=O) groups is 1. The Labute approximate surface area is 132 Å². The van der Waals surface area contributed by atoms with Gasteiger partial charge in [-0.25, -0.2) is 0 Å². The summed E-state index contributed by atoms with van der Waals surface area (Å²) < 4.78 is 10.1. The zero-order chi connectivity index (χ0) is 15.2. The van der Waals surface area contributed by atoms with E-state index in [1.807, 2.05) is 0 Å². The van der Waals surface area contributed by atoms with Gasteiger partial charge in [0.05, 0.1) is 24.8 Å². The Kier molecular flexibility index (Phi) is 5.87. The van der Waals surface area contributed by atoms with Crippen molar-refractivity contribution in [2.45, 2.75) is 0 Å². The van der Waals surface area contributed by atoms with Crippen LogP contribution >= 0.6 is 23.2 Å². The van der Waals surface area contributed by atoms with E-state index in [0.717, 1.165) is 10.9 Å². The summed E-state index contributed by atoms with van der Waals surface area (Å²) in [5.74, 6) is -0.275. The molecule has 2 aromatic rings. The summed E-state index contributed by atoms with van der Waals surface area (Å²) in [7, 11) is 1.61. The molecule has 0 saturated carbocycles. The van der Waals surface area contributed by atoms with Crippen molar-refractivity contribution >= 4 is 40.0 Å². The molecule has 0 fully saturated rings. The van der Waals surface area contributed by atoms with Gasteiger partial charge in [-0.15, -0.1) is 0 Å². The second kappa shape index (κ2) is 7.66. The lowest BCUT2D eigenvalue weighted by atomic mass is 10.2. The van der Waals surface area contributed by atoms with E-state index in [4.69, 9.17) is 32.7 Å². The number of hydrogen-bond acceptors (Lipinski definition) is 3. The van der Waals surface area contributed by atoms with Crippen LogP contribution < -0.4 is 5.32 Å². The van der Waals surface area contributed by atoms with Crippen LogP contribution in [0.2, 0.25) is 10.0 Å². The van der Waals surface area contributed by atoms with Crippen LogP contribution in [0.1, 0.15) is 10.5 Å². The number of fused-ring (bicyclic) bond motifs is 1. The smallest absolute Gasteiger partial charge is 0.269 e. The molecule has 1 aromatic heterocycles. The lowest BCUT2D eigenvalue weighted by Crippen LogP contribution is -2.28. The number of nitrogens with one attached hydrogen (secondary N) is 2. The molecule has 21 heavy (non-hydrogen) atoms. The highest BCUT2D eigenvalue weighted by atomic mass is 35.5. The fourth-order valence-corrected chi connectivity index (χ4v) is 2.32. The summed E-state index contributed by atoms with van der Waals surface area (Å²) >= 11 is 12.1. The molecule has 0 aliphatic heterocycles. The van der Waals surface area contributed by atoms with Gasteiger partial charge >= 0.3 is 0 Å². The number of H-pyrrole nitrogens is 1. The van der Waals surface area contributed by atoms with E-state index in [9.17, 15) is 4.79 Å². The number of aromatic nitrogens is 1. The molecule has 0 aliphatic rings. The summed E-state index contributed by atoms with van der Waals surface area (Å²) in [5, 5.41) is 4.40. The molecule has 2 rings (SSSR count). The van der Waals surface area contributed by atoms with Gasteiger partial charge in [0.25, 0.3) is 5.91 Å². The maximum Gasteiger partial charge on any atom is 0.269 e. The summed E-state index contributed by atoms with van der Waals surface area (Å²) in [4.78, 5) is 15.1. The highest BCUT2D eigenvalue weighted by Crippen LogP contribution is 2.29. The van der Waals surface area contributed by atoms with Crippen LogP contribution in [-0.4, -0.2) is 44.4 Å². The van der Waals surface area contributed by atoms with Gasteiger partial charge in [-0.3, -0.25) is 4.79 Å². The number of rotatable bonds is 7. The van der Waals surface area contributed by atoms with E-state index in [0.29, 0.717) is 42.1 Å². The molecular weight excluding hydrogens is 315 g/mol. The molecular formula is C14H16Cl2N2O3. The Morgan fingerprint density at radius 2 is 2.10 bits per heavy atom. The topological polar surface area (TPSA) is 63.4 Å². The van der Waals surface area contributed by atoms with Crippen LogP contribution in [0.25, 0.3) is 10.9 Å². The van der Waals surface area contributed by atoms with Crippen LogP contribution in [0.4, 0.5) is 0 Å². The third-order valence-electron chi connectivity index (χ3n) is 2.89. The summed E-state index contributed by atoms with van der Waals surface area (Å²) in [6.45, 7) is 1.84. The van der Waals surface area contributed by atoms with E-state index >= 15 is 0 Å². The molecule has 1 heterocycles. The third-order valence-corrected chi connectivity index (χ3v) is 3.52. The zero-order valence-electron chi connectivity index (χ0n) is 11.5. The molecule has 7 heteroatoms. The predicted molar refractivity (Wildman–Crippen MR) is 83.3 cm³/mol. The summed E-state index contributed by atoms with van der Waals surface area (Å²) in [5.41, 5.74) is 1.09. The van der Waals surface area contributed by atoms with Gasteiger partial charge in [0.2, 0.25) is 0 Å². The fourth-order valence-electron chi connectivity index (χ4n) is 1.86. The minimum atomic E-state index is -0.275. The van der Waals surface area contributed by atoms with Gasteiger partial charge in [0, 0.05) is 29.6 Å². The molecule has 1 aromatic carbocycles. The van der Waals surface area contributed by atoms with Crippen molar-refractivity contribution in [3.8, 4) is 0 Å². The van der Waals surface area contributed by atoms with Crippen molar-refractivity contribution < 1.29 is 14.3 Å². The van der Waals surface area contributed by atoms with Gasteiger partial charge < -0.3 is 19.8 Å². The monoisotopic (exact) mass is 330 g/mol. The van der Waals surface area contributed by atoms with Crippen molar-refractivity contribution in [1.82, 2.24) is 10.3 Å². The van der Waals surface area contributed by atoms with E-state index in [-0.39, 0.29) is 5.91 Å². The maximum absolute atomic E-state index is 12.1. The lowest BCUT2D eigenvalue weighted by molar-refractivity contribution is 0.0692. The molecule has 0 bridgehead atoms. The Bertz CT molecular complexity index is 628. The van der Waals surface area contributed by atoms with E-state index in [1.165, 1.54) is 0 Å². The van der Waals surface area contributed by atoms with E-state index in [2.05, 4.69) is 10.3 Å². The second-order valence-electron chi connectivity index (χ2n) is 4.36. The highest BCUT2D eigenvalue weighted by molar-refractivity contribution is 6.39. The standard InChI is InChI=1S/C14H16Cl2N2O3/c1-20-6-7-21-5-4-17-14(19)13-12(16)10-8-9(15)2-3-11(10)18-13/h2-3,8,18H,4-7H2,1H3,(H,17,19). The summed E-state index contributed by atoms with van der Waals surface area (Å²) in [6.07, 6.45) is 0. The maximum atomic E-state index is 12.1. The van der Waals surface area contributed by atoms with Gasteiger partial charge in [-0.05, 0) is 18.2 Å². The Morgan fingerprint density at radius 1 is 1.29 bits per heavy atom. The van der Waals surface area contributed by atoms with Gasteiger partial charge in [0.15, 0.2) is 0 Å². The first-order valence-electron chi connectivity index (χ1n) is 6.45. The SMILES string of the molecule is COCCOCCNC(=O)c1[nH]c2ccc(Cl)cc2c1Cl. The first-order valence-corrected chi connectivity index (χ1v) is 7.20. The van der Waals surface area contributed by atoms with E-state index in [1.54, 1.807) is 25.3 Å². The quantitative estimate of drug-likeness (QED) is 0.767. The van der Waals surface area contributed by atoms with Crippen molar-refractivity contribution in [3.63, 3.8) is 0 Å². The minimum absolute atomic E-state index is 0.275. The number of ether oxygens (including phenoxy) is 2. The van der Waals surface area contributed by atoms with Crippen molar-refractivity contribution in [2.24, 2.45) is 0 Å². The number of methoxy groups -OCH3 is 1. The molecule has 1 amide bonds. The molecule has 0 unspecified atom stereocenters. The van der Waals surface area contributed by atoms with Crippen LogP contribution in [0, 0.1) is 0 Å². The molecule has 0 spiro atoms. The molecule has 0 radical (unpaired) electrons. The highest BCUT2D eigenvalue weighted by Gasteiger charge is 2.16. The largest absolute Gasteiger partial charge is 0.382 e. The van der Waals surface area contributed by atoms with Crippen molar-refractivity contribution in [3.05, 3.63) is 33.9 Å². The number of hydrogen-bond donors (Lipinski definition) is 2. The van der Waals surface area contributed by atoms with Crippen LogP contribution in [0.3, 0.4) is 0 Å². The molecule has 114 valence electrons. The molecule has 2 N–H and O–H groups in total. The first kappa shape index (κ1) is 16.1. The van der Waals surface area contributed by atoms with Gasteiger partial charge in [-0.2, -0.15) is 0 Å². The van der Waals surface area contributed by atoms with Crippen molar-refractivity contribution in [1.29, 1.82) is 0 Å². The Morgan fingerprint density at radius 3 is 2.86 bits per heavy atom. The average Bonchev–Trinajstić information content (AvgIpc) is 2.79. The van der Waals surface area contributed by atoms with Crippen molar-refractivity contribution in [2.75, 3.05) is 33.5 Å². The molecule has 0 saturated heterocycles. The van der Waals surface area contributed by atoms with Gasteiger partial charge in [-0.1, -0.05) is 23.2 Å². The number of carbonyl (C=O) groups excluding carboxylic acids is 1. The number of halogens is 2. The Balaban J connectivity index is 1.95.